The smallest absolute Gasteiger partial charge is 0.337 e. The number of nitrogens with zero attached hydrogens (tertiary/aromatic N) is 1. The second kappa shape index (κ2) is 9.24. The minimum atomic E-state index is -0.422. The molecule has 0 saturated carbocycles. The van der Waals surface area contributed by atoms with Crippen molar-refractivity contribution in [3.05, 3.63) is 106 Å². The van der Waals surface area contributed by atoms with E-state index in [2.05, 4.69) is 15.9 Å². The van der Waals surface area contributed by atoms with Gasteiger partial charge < -0.3 is 9.47 Å². The Hall–Kier alpha value is -3.64. The number of esters is 1. The Kier molecular flexibility index (Phi) is 6.23. The van der Waals surface area contributed by atoms with Gasteiger partial charge in [0, 0.05) is 11.3 Å². The second-order valence-corrected chi connectivity index (χ2v) is 7.92. The Morgan fingerprint density at radius 1 is 0.969 bits per heavy atom. The zero-order valence-electron chi connectivity index (χ0n) is 17.5. The van der Waals surface area contributed by atoms with E-state index in [1.807, 2.05) is 60.7 Å². The summed E-state index contributed by atoms with van der Waals surface area (Å²) < 4.78 is 10.9. The number of methoxy groups -OCH3 is 2. The molecule has 1 aliphatic rings. The van der Waals surface area contributed by atoms with Crippen LogP contribution in [0.1, 0.15) is 21.5 Å². The lowest BCUT2D eigenvalue weighted by molar-refractivity contribution is -0.113. The van der Waals surface area contributed by atoms with Gasteiger partial charge in [-0.15, -0.1) is 0 Å². The molecule has 1 aliphatic heterocycles. The van der Waals surface area contributed by atoms with Gasteiger partial charge in [-0.3, -0.25) is 9.69 Å². The molecule has 3 aromatic carbocycles. The average Bonchev–Trinajstić information content (AvgIpc) is 3.15. The Morgan fingerprint density at radius 3 is 2.31 bits per heavy atom. The number of halogens is 1. The van der Waals surface area contributed by atoms with Crippen LogP contribution >= 0.6 is 15.9 Å². The van der Waals surface area contributed by atoms with Crippen LogP contribution in [0, 0.1) is 0 Å². The summed E-state index contributed by atoms with van der Waals surface area (Å²) in [7, 11) is 2.95. The van der Waals surface area contributed by atoms with E-state index in [-0.39, 0.29) is 5.91 Å². The Labute approximate surface area is 194 Å². The minimum Gasteiger partial charge on any atom is -0.496 e. The Balaban J connectivity index is 1.76. The van der Waals surface area contributed by atoms with Crippen molar-refractivity contribution in [2.45, 2.75) is 0 Å². The Bertz CT molecular complexity index is 1230. The lowest BCUT2D eigenvalue weighted by Crippen LogP contribution is -2.25. The van der Waals surface area contributed by atoms with Crippen molar-refractivity contribution in [3.63, 3.8) is 0 Å². The Morgan fingerprint density at radius 2 is 1.69 bits per heavy atom. The molecule has 3 aromatic rings. The second-order valence-electron chi connectivity index (χ2n) is 7.07. The van der Waals surface area contributed by atoms with Crippen molar-refractivity contribution in [1.29, 1.82) is 0 Å². The van der Waals surface area contributed by atoms with Crippen LogP contribution < -0.4 is 9.64 Å². The molecule has 0 atom stereocenters. The van der Waals surface area contributed by atoms with Gasteiger partial charge in [-0.05, 0) is 75.6 Å². The summed E-state index contributed by atoms with van der Waals surface area (Å²) in [5.74, 6) is 0.146. The summed E-state index contributed by atoms with van der Waals surface area (Å²) in [5.41, 5.74) is 4.19. The predicted octanol–water partition coefficient (Wildman–Crippen LogP) is 5.72. The number of hydrogen-bond acceptors (Lipinski definition) is 4. The van der Waals surface area contributed by atoms with Crippen LogP contribution in [0.4, 0.5) is 5.69 Å². The molecule has 0 fully saturated rings. The van der Waals surface area contributed by atoms with Crippen LogP contribution in [0.15, 0.2) is 88.9 Å². The van der Waals surface area contributed by atoms with E-state index < -0.39 is 5.97 Å². The number of benzene rings is 3. The molecule has 0 radical (unpaired) electrons. The first-order chi connectivity index (χ1) is 15.5. The summed E-state index contributed by atoms with van der Waals surface area (Å²) in [4.78, 5) is 26.9. The van der Waals surface area contributed by atoms with Gasteiger partial charge in [0.25, 0.3) is 5.91 Å². The van der Waals surface area contributed by atoms with E-state index in [4.69, 9.17) is 9.47 Å². The molecule has 0 spiro atoms. The number of ether oxygens (including phenoxy) is 2. The van der Waals surface area contributed by atoms with Gasteiger partial charge in [-0.25, -0.2) is 4.79 Å². The zero-order chi connectivity index (χ0) is 22.7. The third-order valence-electron chi connectivity index (χ3n) is 5.10. The summed E-state index contributed by atoms with van der Waals surface area (Å²) in [6.07, 6.45) is 3.72. The van der Waals surface area contributed by atoms with E-state index in [1.165, 1.54) is 7.11 Å². The van der Waals surface area contributed by atoms with Crippen molar-refractivity contribution in [2.24, 2.45) is 0 Å². The molecule has 1 amide bonds. The molecule has 0 N–H and O–H groups in total. The molecule has 0 saturated heterocycles. The number of carbonyl (C=O) groups excluding carboxylic acids is 2. The number of carbonyl (C=O) groups is 2. The summed E-state index contributed by atoms with van der Waals surface area (Å²) in [6, 6.07) is 22.2. The molecule has 0 bridgehead atoms. The summed E-state index contributed by atoms with van der Waals surface area (Å²) in [6.45, 7) is 0. The fourth-order valence-electron chi connectivity index (χ4n) is 3.51. The van der Waals surface area contributed by atoms with Crippen molar-refractivity contribution in [1.82, 2.24) is 0 Å². The molecule has 4 rings (SSSR count). The minimum absolute atomic E-state index is 0.151. The number of hydrogen-bond donors (Lipinski definition) is 0. The number of rotatable bonds is 5. The maximum atomic E-state index is 13.5. The van der Waals surface area contributed by atoms with E-state index in [9.17, 15) is 9.59 Å². The largest absolute Gasteiger partial charge is 0.496 e. The van der Waals surface area contributed by atoms with Crippen molar-refractivity contribution in [2.75, 3.05) is 19.1 Å². The predicted molar refractivity (Wildman–Crippen MR) is 128 cm³/mol. The maximum Gasteiger partial charge on any atom is 0.337 e. The molecular weight excluding hydrogens is 470 g/mol. The van der Waals surface area contributed by atoms with Crippen LogP contribution in [0.5, 0.6) is 5.75 Å². The van der Waals surface area contributed by atoms with Gasteiger partial charge in [0.05, 0.1) is 30.0 Å². The third kappa shape index (κ3) is 4.22. The maximum absolute atomic E-state index is 13.5. The van der Waals surface area contributed by atoms with Gasteiger partial charge in [-0.1, -0.05) is 36.4 Å². The van der Waals surface area contributed by atoms with Gasteiger partial charge in [0.1, 0.15) is 5.75 Å². The topological polar surface area (TPSA) is 55.8 Å². The van der Waals surface area contributed by atoms with Crippen molar-refractivity contribution in [3.8, 4) is 5.75 Å². The molecule has 32 heavy (non-hydrogen) atoms. The molecule has 1 heterocycles. The molecule has 0 aromatic heterocycles. The van der Waals surface area contributed by atoms with E-state index >= 15 is 0 Å². The molecule has 0 aliphatic carbocycles. The third-order valence-corrected chi connectivity index (χ3v) is 5.72. The van der Waals surface area contributed by atoms with Crippen LogP contribution in [0.2, 0.25) is 0 Å². The van der Waals surface area contributed by atoms with E-state index in [1.54, 1.807) is 36.3 Å². The SMILES string of the molecule is COC(=O)c1ccc(N2C(=O)/C(=C/c3ccc(OC)c(Br)c3)C=C2c2ccccc2)cc1. The fraction of sp³-hybridized carbons (Fsp3) is 0.0769. The molecule has 5 nitrogen and oxygen atoms in total. The van der Waals surface area contributed by atoms with E-state index in [0.717, 1.165) is 27.0 Å². The molecule has 160 valence electrons. The monoisotopic (exact) mass is 489 g/mol. The quantitative estimate of drug-likeness (QED) is 0.340. The highest BCUT2D eigenvalue weighted by molar-refractivity contribution is 9.10. The first-order valence-electron chi connectivity index (χ1n) is 9.87. The van der Waals surface area contributed by atoms with Gasteiger partial charge in [-0.2, -0.15) is 0 Å². The standard InChI is InChI=1S/C26H20BrNO4/c1-31-24-13-8-17(15-22(24)27)14-20-16-23(18-6-4-3-5-7-18)28(25(20)29)21-11-9-19(10-12-21)26(30)32-2/h3-16H,1-2H3/b20-14+. The van der Waals surface area contributed by atoms with Crippen LogP contribution in [-0.4, -0.2) is 26.1 Å². The van der Waals surface area contributed by atoms with Crippen LogP contribution in [0.3, 0.4) is 0 Å². The summed E-state index contributed by atoms with van der Waals surface area (Å²) in [5, 5.41) is 0. The first-order valence-corrected chi connectivity index (χ1v) is 10.7. The van der Waals surface area contributed by atoms with Crippen molar-refractivity contribution < 1.29 is 19.1 Å². The van der Waals surface area contributed by atoms with Crippen LogP contribution in [0.25, 0.3) is 11.8 Å². The lowest BCUT2D eigenvalue weighted by atomic mass is 10.1. The number of amides is 1. The normalized spacial score (nSPS) is 14.5. The zero-order valence-corrected chi connectivity index (χ0v) is 19.1. The first kappa shape index (κ1) is 21.6. The van der Waals surface area contributed by atoms with Gasteiger partial charge >= 0.3 is 5.97 Å². The van der Waals surface area contributed by atoms with E-state index in [0.29, 0.717) is 16.8 Å². The highest BCUT2D eigenvalue weighted by Gasteiger charge is 2.30. The van der Waals surface area contributed by atoms with Gasteiger partial charge in [0.2, 0.25) is 0 Å². The number of anilines is 1. The average molecular weight is 490 g/mol. The highest BCUT2D eigenvalue weighted by atomic mass is 79.9. The summed E-state index contributed by atoms with van der Waals surface area (Å²) >= 11 is 3.49. The molecular formula is C26H20BrNO4. The fourth-order valence-corrected chi connectivity index (χ4v) is 4.07. The van der Waals surface area contributed by atoms with Gasteiger partial charge in [0.15, 0.2) is 0 Å². The lowest BCUT2D eigenvalue weighted by Gasteiger charge is -2.21. The molecule has 0 unspecified atom stereocenters. The molecule has 6 heteroatoms. The van der Waals surface area contributed by atoms with Crippen molar-refractivity contribution >= 4 is 45.3 Å². The van der Waals surface area contributed by atoms with Crippen LogP contribution in [-0.2, 0) is 9.53 Å². The highest BCUT2D eigenvalue weighted by Crippen LogP contribution is 2.36.